The van der Waals surface area contributed by atoms with Crippen LogP contribution >= 0.6 is 27.3 Å². The summed E-state index contributed by atoms with van der Waals surface area (Å²) in [4.78, 5) is 2.82. The van der Waals surface area contributed by atoms with Crippen LogP contribution in [0.1, 0.15) is 20.1 Å². The molecule has 18 heavy (non-hydrogen) atoms. The first-order valence-electron chi connectivity index (χ1n) is 5.38. The lowest BCUT2D eigenvalue weighted by Crippen LogP contribution is -1.99. The number of thiophene rings is 1. The first kappa shape index (κ1) is 13.8. The van der Waals surface area contributed by atoms with Crippen LogP contribution in [-0.2, 0) is 9.84 Å². The van der Waals surface area contributed by atoms with Crippen molar-refractivity contribution in [1.82, 2.24) is 0 Å². The van der Waals surface area contributed by atoms with Crippen molar-refractivity contribution >= 4 is 37.1 Å². The smallest absolute Gasteiger partial charge is 0.175 e. The van der Waals surface area contributed by atoms with Crippen molar-refractivity contribution in [2.45, 2.75) is 16.6 Å². The molecule has 0 saturated carbocycles. The number of aryl methyl sites for hydroxylation is 1. The van der Waals surface area contributed by atoms with Gasteiger partial charge in [-0.2, -0.15) is 0 Å². The van der Waals surface area contributed by atoms with E-state index in [0.717, 1.165) is 5.56 Å². The molecule has 0 spiro atoms. The summed E-state index contributed by atoms with van der Waals surface area (Å²) in [7, 11) is -3.15. The summed E-state index contributed by atoms with van der Waals surface area (Å²) in [6, 6.07) is 11.2. The monoisotopic (exact) mass is 344 g/mol. The van der Waals surface area contributed by atoms with Gasteiger partial charge < -0.3 is 0 Å². The zero-order valence-corrected chi connectivity index (χ0v) is 13.3. The van der Waals surface area contributed by atoms with E-state index in [4.69, 9.17) is 0 Å². The van der Waals surface area contributed by atoms with Gasteiger partial charge in [-0.15, -0.1) is 11.3 Å². The lowest BCUT2D eigenvalue weighted by molar-refractivity contribution is 0.602. The van der Waals surface area contributed by atoms with Crippen LogP contribution < -0.4 is 0 Å². The van der Waals surface area contributed by atoms with Crippen molar-refractivity contribution < 1.29 is 8.42 Å². The quantitative estimate of drug-likeness (QED) is 0.790. The maximum absolute atomic E-state index is 11.5. The average molecular weight is 345 g/mol. The van der Waals surface area contributed by atoms with Crippen LogP contribution in [0.25, 0.3) is 0 Å². The fourth-order valence-electron chi connectivity index (χ4n) is 1.66. The Bertz CT molecular complexity index is 659. The molecule has 1 heterocycles. The van der Waals surface area contributed by atoms with E-state index in [1.165, 1.54) is 16.0 Å². The Morgan fingerprint density at radius 2 is 1.94 bits per heavy atom. The highest BCUT2D eigenvalue weighted by molar-refractivity contribution is 9.09. The van der Waals surface area contributed by atoms with E-state index < -0.39 is 9.84 Å². The Hall–Kier alpha value is -0.650. The Kier molecular flexibility index (Phi) is 3.94. The number of benzene rings is 1. The van der Waals surface area contributed by atoms with Crippen molar-refractivity contribution in [1.29, 1.82) is 0 Å². The second-order valence-corrected chi connectivity index (χ2v) is 8.41. The molecule has 1 aromatic heterocycles. The van der Waals surface area contributed by atoms with E-state index in [9.17, 15) is 8.42 Å². The highest BCUT2D eigenvalue weighted by atomic mass is 79.9. The SMILES string of the molecule is Cc1ccc(C(Br)c2cccc(S(C)(=O)=O)c2)s1. The van der Waals surface area contributed by atoms with Gasteiger partial charge in [-0.05, 0) is 36.8 Å². The molecule has 0 saturated heterocycles. The maximum Gasteiger partial charge on any atom is 0.175 e. The Morgan fingerprint density at radius 3 is 2.50 bits per heavy atom. The second kappa shape index (κ2) is 5.15. The normalized spacial score (nSPS) is 13.5. The minimum atomic E-state index is -3.15. The number of sulfone groups is 1. The van der Waals surface area contributed by atoms with Gasteiger partial charge in [0.25, 0.3) is 0 Å². The van der Waals surface area contributed by atoms with E-state index in [2.05, 4.69) is 35.0 Å². The third-order valence-corrected chi connectivity index (χ3v) is 6.09. The molecular formula is C13H13BrO2S2. The van der Waals surface area contributed by atoms with Crippen LogP contribution in [0.4, 0.5) is 0 Å². The van der Waals surface area contributed by atoms with Crippen LogP contribution in [0, 0.1) is 6.92 Å². The fraction of sp³-hybridized carbons (Fsp3) is 0.231. The van der Waals surface area contributed by atoms with E-state index in [1.807, 2.05) is 6.07 Å². The highest BCUT2D eigenvalue weighted by Gasteiger charge is 2.15. The average Bonchev–Trinajstić information content (AvgIpc) is 2.74. The Balaban J connectivity index is 2.40. The van der Waals surface area contributed by atoms with Crippen LogP contribution in [0.15, 0.2) is 41.3 Å². The van der Waals surface area contributed by atoms with Gasteiger partial charge in [0.1, 0.15) is 0 Å². The van der Waals surface area contributed by atoms with Gasteiger partial charge >= 0.3 is 0 Å². The molecule has 96 valence electrons. The van der Waals surface area contributed by atoms with Crippen molar-refractivity contribution in [2.75, 3.05) is 6.26 Å². The third-order valence-electron chi connectivity index (χ3n) is 2.59. The summed E-state index contributed by atoms with van der Waals surface area (Å²) in [6.45, 7) is 2.06. The minimum Gasteiger partial charge on any atom is -0.224 e. The first-order valence-corrected chi connectivity index (χ1v) is 9.01. The summed E-state index contributed by atoms with van der Waals surface area (Å²) in [6.07, 6.45) is 1.23. The summed E-state index contributed by atoms with van der Waals surface area (Å²) in [5.74, 6) is 0. The zero-order valence-electron chi connectivity index (χ0n) is 10.1. The minimum absolute atomic E-state index is 0.0397. The first-order chi connectivity index (χ1) is 8.38. The molecule has 0 aliphatic rings. The topological polar surface area (TPSA) is 34.1 Å². The molecule has 0 N–H and O–H groups in total. The van der Waals surface area contributed by atoms with E-state index >= 15 is 0 Å². The molecule has 0 radical (unpaired) electrons. The van der Waals surface area contributed by atoms with Gasteiger partial charge in [-0.3, -0.25) is 0 Å². The largest absolute Gasteiger partial charge is 0.224 e. The summed E-state index contributed by atoms with van der Waals surface area (Å²) < 4.78 is 23.1. The fourth-order valence-corrected chi connectivity index (χ4v) is 3.93. The van der Waals surface area contributed by atoms with Gasteiger partial charge in [0.2, 0.25) is 0 Å². The summed E-state index contributed by atoms with van der Waals surface area (Å²) in [5.41, 5.74) is 0.958. The van der Waals surface area contributed by atoms with E-state index in [-0.39, 0.29) is 4.83 Å². The van der Waals surface area contributed by atoms with Crippen LogP contribution in [0.2, 0.25) is 0 Å². The van der Waals surface area contributed by atoms with Gasteiger partial charge in [-0.1, -0.05) is 28.1 Å². The molecule has 2 aromatic rings. The number of halogens is 1. The van der Waals surface area contributed by atoms with Crippen molar-refractivity contribution in [3.05, 3.63) is 51.7 Å². The van der Waals surface area contributed by atoms with Crippen LogP contribution in [-0.4, -0.2) is 14.7 Å². The summed E-state index contributed by atoms with van der Waals surface area (Å²) in [5, 5.41) is 0. The molecule has 0 aliphatic heterocycles. The molecule has 1 atom stereocenters. The molecule has 2 rings (SSSR count). The van der Waals surface area contributed by atoms with E-state index in [0.29, 0.717) is 4.90 Å². The molecule has 1 aromatic carbocycles. The third kappa shape index (κ3) is 3.02. The Labute approximate surface area is 120 Å². The van der Waals surface area contributed by atoms with Gasteiger partial charge in [0.15, 0.2) is 9.84 Å². The number of hydrogen-bond donors (Lipinski definition) is 0. The van der Waals surface area contributed by atoms with Gasteiger partial charge in [0, 0.05) is 16.0 Å². The predicted molar refractivity (Wildman–Crippen MR) is 79.4 cm³/mol. The van der Waals surface area contributed by atoms with E-state index in [1.54, 1.807) is 29.5 Å². The second-order valence-electron chi connectivity index (χ2n) is 4.16. The van der Waals surface area contributed by atoms with Crippen LogP contribution in [0.5, 0.6) is 0 Å². The molecule has 0 amide bonds. The lowest BCUT2D eigenvalue weighted by atomic mass is 10.1. The maximum atomic E-state index is 11.5. The Morgan fingerprint density at radius 1 is 1.22 bits per heavy atom. The van der Waals surface area contributed by atoms with Gasteiger partial charge in [-0.25, -0.2) is 8.42 Å². The summed E-state index contributed by atoms with van der Waals surface area (Å²) >= 11 is 5.33. The standard InChI is InChI=1S/C13H13BrO2S2/c1-9-6-7-12(17-9)13(14)10-4-3-5-11(8-10)18(2,15)16/h3-8,13H,1-2H3. The molecule has 2 nitrogen and oxygen atoms in total. The number of rotatable bonds is 3. The lowest BCUT2D eigenvalue weighted by Gasteiger charge is -2.09. The molecule has 1 unspecified atom stereocenters. The molecule has 0 aliphatic carbocycles. The van der Waals surface area contributed by atoms with Crippen molar-refractivity contribution in [2.24, 2.45) is 0 Å². The van der Waals surface area contributed by atoms with Gasteiger partial charge in [0.05, 0.1) is 9.72 Å². The molecule has 0 fully saturated rings. The highest BCUT2D eigenvalue weighted by Crippen LogP contribution is 2.35. The van der Waals surface area contributed by atoms with Crippen molar-refractivity contribution in [3.8, 4) is 0 Å². The molecule has 0 bridgehead atoms. The molecular weight excluding hydrogens is 332 g/mol. The van der Waals surface area contributed by atoms with Crippen LogP contribution in [0.3, 0.4) is 0 Å². The number of alkyl halides is 1. The zero-order chi connectivity index (χ0) is 13.3. The number of hydrogen-bond acceptors (Lipinski definition) is 3. The van der Waals surface area contributed by atoms with Crippen molar-refractivity contribution in [3.63, 3.8) is 0 Å². The molecule has 5 heteroatoms. The predicted octanol–water partition coefficient (Wildman–Crippen LogP) is 3.94.